The molecule has 1 aliphatic heterocycles. The predicted octanol–water partition coefficient (Wildman–Crippen LogP) is 3.95. The van der Waals surface area contributed by atoms with Gasteiger partial charge in [0, 0.05) is 40.3 Å². The SMILES string of the molecule is CCC(N)Cc1ccc(N2CC(C)SC(C)C2)cc1Cl. The van der Waals surface area contributed by atoms with Crippen LogP contribution in [0, 0.1) is 0 Å². The van der Waals surface area contributed by atoms with Crippen LogP contribution in [0.2, 0.25) is 5.02 Å². The van der Waals surface area contributed by atoms with Crippen LogP contribution in [-0.2, 0) is 6.42 Å². The van der Waals surface area contributed by atoms with E-state index in [0.29, 0.717) is 10.5 Å². The van der Waals surface area contributed by atoms with Crippen LogP contribution < -0.4 is 10.6 Å². The van der Waals surface area contributed by atoms with Crippen molar-refractivity contribution in [3.05, 3.63) is 28.8 Å². The lowest BCUT2D eigenvalue weighted by Gasteiger charge is -2.36. The molecular formula is C16H25ClN2S. The van der Waals surface area contributed by atoms with E-state index < -0.39 is 0 Å². The van der Waals surface area contributed by atoms with Gasteiger partial charge >= 0.3 is 0 Å². The van der Waals surface area contributed by atoms with E-state index in [2.05, 4.69) is 55.6 Å². The zero-order valence-corrected chi connectivity index (χ0v) is 14.2. The van der Waals surface area contributed by atoms with Gasteiger partial charge in [0.25, 0.3) is 0 Å². The first-order chi connectivity index (χ1) is 9.49. The summed E-state index contributed by atoms with van der Waals surface area (Å²) >= 11 is 8.50. The summed E-state index contributed by atoms with van der Waals surface area (Å²) < 4.78 is 0. The topological polar surface area (TPSA) is 29.3 Å². The van der Waals surface area contributed by atoms with Crippen LogP contribution in [0.4, 0.5) is 5.69 Å². The number of halogens is 1. The maximum absolute atomic E-state index is 6.44. The molecule has 0 bridgehead atoms. The molecule has 0 aliphatic carbocycles. The molecule has 112 valence electrons. The van der Waals surface area contributed by atoms with Gasteiger partial charge in [-0.1, -0.05) is 38.4 Å². The Kier molecular flexibility index (Phi) is 5.65. The third-order valence-electron chi connectivity index (χ3n) is 3.83. The Morgan fingerprint density at radius 1 is 1.35 bits per heavy atom. The second-order valence-corrected chi connectivity index (χ2v) is 8.10. The van der Waals surface area contributed by atoms with Crippen molar-refractivity contribution in [3.8, 4) is 0 Å². The van der Waals surface area contributed by atoms with E-state index in [1.165, 1.54) is 5.69 Å². The van der Waals surface area contributed by atoms with E-state index in [1.54, 1.807) is 0 Å². The number of hydrogen-bond donors (Lipinski definition) is 1. The first-order valence-corrected chi connectivity index (χ1v) is 8.76. The van der Waals surface area contributed by atoms with Crippen molar-refractivity contribution in [1.29, 1.82) is 0 Å². The van der Waals surface area contributed by atoms with Gasteiger partial charge < -0.3 is 10.6 Å². The molecule has 2 rings (SSSR count). The molecule has 1 aromatic rings. The number of nitrogens with zero attached hydrogens (tertiary/aromatic N) is 1. The van der Waals surface area contributed by atoms with E-state index in [4.69, 9.17) is 17.3 Å². The Balaban J connectivity index is 2.12. The number of anilines is 1. The highest BCUT2D eigenvalue weighted by Crippen LogP contribution is 2.31. The molecule has 1 heterocycles. The van der Waals surface area contributed by atoms with Gasteiger partial charge in [0.1, 0.15) is 0 Å². The Bertz CT molecular complexity index is 442. The summed E-state index contributed by atoms with van der Waals surface area (Å²) in [6, 6.07) is 6.64. The van der Waals surface area contributed by atoms with Crippen molar-refractivity contribution in [2.75, 3.05) is 18.0 Å². The van der Waals surface area contributed by atoms with Crippen LogP contribution in [0.3, 0.4) is 0 Å². The van der Waals surface area contributed by atoms with Crippen LogP contribution in [0.1, 0.15) is 32.8 Å². The number of hydrogen-bond acceptors (Lipinski definition) is 3. The summed E-state index contributed by atoms with van der Waals surface area (Å²) in [7, 11) is 0. The summed E-state index contributed by atoms with van der Waals surface area (Å²) in [6.45, 7) is 8.90. The normalized spacial score (nSPS) is 24.8. The third-order valence-corrected chi connectivity index (χ3v) is 5.41. The van der Waals surface area contributed by atoms with Crippen LogP contribution in [0.15, 0.2) is 18.2 Å². The van der Waals surface area contributed by atoms with Gasteiger partial charge in [-0.3, -0.25) is 0 Å². The molecule has 0 saturated carbocycles. The second kappa shape index (κ2) is 7.06. The third kappa shape index (κ3) is 4.06. The zero-order valence-electron chi connectivity index (χ0n) is 12.6. The molecule has 0 amide bonds. The van der Waals surface area contributed by atoms with Crippen LogP contribution in [-0.4, -0.2) is 29.6 Å². The van der Waals surface area contributed by atoms with Crippen LogP contribution >= 0.6 is 23.4 Å². The first-order valence-electron chi connectivity index (χ1n) is 7.44. The monoisotopic (exact) mass is 312 g/mol. The minimum absolute atomic E-state index is 0.199. The Labute approximate surface area is 132 Å². The Morgan fingerprint density at radius 2 is 2.00 bits per heavy atom. The number of benzene rings is 1. The van der Waals surface area contributed by atoms with E-state index in [9.17, 15) is 0 Å². The maximum Gasteiger partial charge on any atom is 0.0459 e. The fourth-order valence-corrected chi connectivity index (χ4v) is 4.29. The molecule has 20 heavy (non-hydrogen) atoms. The Hall–Kier alpha value is -0.380. The smallest absolute Gasteiger partial charge is 0.0459 e. The summed E-state index contributed by atoms with van der Waals surface area (Å²) in [4.78, 5) is 2.45. The van der Waals surface area contributed by atoms with Gasteiger partial charge in [-0.25, -0.2) is 0 Å². The predicted molar refractivity (Wildman–Crippen MR) is 92.2 cm³/mol. The molecule has 1 aliphatic rings. The quantitative estimate of drug-likeness (QED) is 0.912. The summed E-state index contributed by atoms with van der Waals surface area (Å²) in [5.74, 6) is 0. The first kappa shape index (κ1) is 16.0. The molecule has 3 unspecified atom stereocenters. The molecule has 2 N–H and O–H groups in total. The minimum atomic E-state index is 0.199. The van der Waals surface area contributed by atoms with Crippen molar-refractivity contribution < 1.29 is 0 Å². The number of thioether (sulfide) groups is 1. The molecule has 0 radical (unpaired) electrons. The Morgan fingerprint density at radius 3 is 2.55 bits per heavy atom. The van der Waals surface area contributed by atoms with Gasteiger partial charge in [-0.15, -0.1) is 0 Å². The second-order valence-electron chi connectivity index (χ2n) is 5.81. The molecule has 1 aromatic carbocycles. The van der Waals surface area contributed by atoms with Crippen LogP contribution in [0.5, 0.6) is 0 Å². The average molecular weight is 313 g/mol. The lowest BCUT2D eigenvalue weighted by atomic mass is 10.0. The standard InChI is InChI=1S/C16H25ClN2S/c1-4-14(18)7-13-5-6-15(8-16(13)17)19-9-11(2)20-12(3)10-19/h5-6,8,11-12,14H,4,7,9-10,18H2,1-3H3. The van der Waals surface area contributed by atoms with E-state index in [-0.39, 0.29) is 6.04 Å². The highest BCUT2D eigenvalue weighted by Gasteiger charge is 2.22. The van der Waals surface area contributed by atoms with Crippen molar-refractivity contribution in [2.24, 2.45) is 5.73 Å². The van der Waals surface area contributed by atoms with Gasteiger partial charge in [0.2, 0.25) is 0 Å². The molecule has 2 nitrogen and oxygen atoms in total. The number of nitrogens with two attached hydrogens (primary N) is 1. The molecule has 1 fully saturated rings. The molecule has 4 heteroatoms. The minimum Gasteiger partial charge on any atom is -0.369 e. The van der Waals surface area contributed by atoms with Crippen molar-refractivity contribution in [2.45, 2.75) is 50.2 Å². The van der Waals surface area contributed by atoms with E-state index in [1.807, 2.05) is 0 Å². The summed E-state index contributed by atoms with van der Waals surface area (Å²) in [5, 5.41) is 2.20. The fourth-order valence-electron chi connectivity index (χ4n) is 2.71. The summed E-state index contributed by atoms with van der Waals surface area (Å²) in [6.07, 6.45) is 1.84. The number of rotatable bonds is 4. The lowest BCUT2D eigenvalue weighted by Crippen LogP contribution is -2.40. The summed E-state index contributed by atoms with van der Waals surface area (Å²) in [5.41, 5.74) is 8.42. The van der Waals surface area contributed by atoms with Crippen molar-refractivity contribution in [1.82, 2.24) is 0 Å². The van der Waals surface area contributed by atoms with Gasteiger partial charge in [-0.2, -0.15) is 11.8 Å². The van der Waals surface area contributed by atoms with Gasteiger partial charge in [-0.05, 0) is 30.5 Å². The highest BCUT2D eigenvalue weighted by atomic mass is 35.5. The van der Waals surface area contributed by atoms with Gasteiger partial charge in [0.05, 0.1) is 0 Å². The zero-order chi connectivity index (χ0) is 14.7. The van der Waals surface area contributed by atoms with Crippen LogP contribution in [0.25, 0.3) is 0 Å². The van der Waals surface area contributed by atoms with E-state index >= 15 is 0 Å². The van der Waals surface area contributed by atoms with E-state index in [0.717, 1.165) is 36.5 Å². The maximum atomic E-state index is 6.44. The molecule has 3 atom stereocenters. The molecular weight excluding hydrogens is 288 g/mol. The fraction of sp³-hybridized carbons (Fsp3) is 0.625. The highest BCUT2D eigenvalue weighted by molar-refractivity contribution is 8.00. The average Bonchev–Trinajstić information content (AvgIpc) is 2.39. The molecule has 0 spiro atoms. The van der Waals surface area contributed by atoms with Crippen molar-refractivity contribution in [3.63, 3.8) is 0 Å². The largest absolute Gasteiger partial charge is 0.369 e. The van der Waals surface area contributed by atoms with Gasteiger partial charge in [0.15, 0.2) is 0 Å². The molecule has 1 saturated heterocycles. The van der Waals surface area contributed by atoms with Crippen molar-refractivity contribution >= 4 is 29.1 Å². The lowest BCUT2D eigenvalue weighted by molar-refractivity contribution is 0.646. The molecule has 0 aromatic heterocycles.